The van der Waals surface area contributed by atoms with Gasteiger partial charge in [-0.1, -0.05) is 17.7 Å². The lowest BCUT2D eigenvalue weighted by atomic mass is 9.97. The van der Waals surface area contributed by atoms with Crippen LogP contribution in [0.25, 0.3) is 0 Å². The summed E-state index contributed by atoms with van der Waals surface area (Å²) in [7, 11) is -3.53. The predicted molar refractivity (Wildman–Crippen MR) is 96.7 cm³/mol. The number of nitrogens with zero attached hydrogens (tertiary/aromatic N) is 1. The number of benzene rings is 1. The number of rotatable bonds is 4. The summed E-state index contributed by atoms with van der Waals surface area (Å²) in [4.78, 5) is 12.9. The largest absolute Gasteiger partial charge is 0.353 e. The first-order valence-electron chi connectivity index (χ1n) is 9.05. The van der Waals surface area contributed by atoms with Crippen molar-refractivity contribution >= 4 is 15.9 Å². The summed E-state index contributed by atoms with van der Waals surface area (Å²) in [5.74, 6) is -0.264. The Hall–Kier alpha value is -1.44. The van der Waals surface area contributed by atoms with Crippen LogP contribution < -0.4 is 10.6 Å². The van der Waals surface area contributed by atoms with Gasteiger partial charge >= 0.3 is 0 Å². The molecule has 0 aromatic heterocycles. The highest BCUT2D eigenvalue weighted by Gasteiger charge is 2.33. The van der Waals surface area contributed by atoms with Crippen LogP contribution in [0.2, 0.25) is 0 Å². The average Bonchev–Trinajstić information content (AvgIpc) is 2.63. The Morgan fingerprint density at radius 1 is 1.16 bits per heavy atom. The maximum atomic E-state index is 12.8. The van der Waals surface area contributed by atoms with E-state index in [1.54, 1.807) is 24.3 Å². The third-order valence-electron chi connectivity index (χ3n) is 5.10. The van der Waals surface area contributed by atoms with E-state index in [0.29, 0.717) is 11.4 Å². The van der Waals surface area contributed by atoms with Crippen LogP contribution in [0.4, 0.5) is 0 Å². The monoisotopic (exact) mass is 365 g/mol. The van der Waals surface area contributed by atoms with Crippen LogP contribution >= 0.6 is 0 Å². The number of carbonyl (C=O) groups excluding carboxylic acids is 1. The molecule has 1 amide bonds. The van der Waals surface area contributed by atoms with Crippen LogP contribution in [-0.2, 0) is 14.8 Å². The van der Waals surface area contributed by atoms with Gasteiger partial charge in [0.05, 0.1) is 10.8 Å². The van der Waals surface area contributed by atoms with Gasteiger partial charge in [0.1, 0.15) is 0 Å². The summed E-state index contributed by atoms with van der Waals surface area (Å²) in [6.45, 7) is 4.52. The van der Waals surface area contributed by atoms with Crippen molar-refractivity contribution in [1.82, 2.24) is 14.9 Å². The lowest BCUT2D eigenvalue weighted by Gasteiger charge is -2.33. The van der Waals surface area contributed by atoms with Crippen molar-refractivity contribution in [1.29, 1.82) is 0 Å². The summed E-state index contributed by atoms with van der Waals surface area (Å²) in [5.41, 5.74) is 1.02. The van der Waals surface area contributed by atoms with Crippen molar-refractivity contribution in [3.05, 3.63) is 29.8 Å². The Morgan fingerprint density at radius 2 is 1.84 bits per heavy atom. The zero-order chi connectivity index (χ0) is 17.9. The zero-order valence-corrected chi connectivity index (χ0v) is 15.5. The Balaban J connectivity index is 1.65. The van der Waals surface area contributed by atoms with E-state index < -0.39 is 10.0 Å². The number of hydrogen-bond acceptors (Lipinski definition) is 4. The quantitative estimate of drug-likeness (QED) is 0.842. The van der Waals surface area contributed by atoms with Crippen molar-refractivity contribution in [2.24, 2.45) is 5.92 Å². The van der Waals surface area contributed by atoms with Crippen LogP contribution in [0, 0.1) is 12.8 Å². The molecule has 3 rings (SSSR count). The summed E-state index contributed by atoms with van der Waals surface area (Å²) in [6, 6.07) is 7.10. The van der Waals surface area contributed by atoms with Crippen LogP contribution in [0.5, 0.6) is 0 Å². The van der Waals surface area contributed by atoms with Gasteiger partial charge in [0.25, 0.3) is 0 Å². The number of sulfonamides is 1. The van der Waals surface area contributed by atoms with Crippen LogP contribution in [0.3, 0.4) is 0 Å². The molecule has 0 bridgehead atoms. The minimum atomic E-state index is -3.53. The first kappa shape index (κ1) is 18.4. The molecule has 2 N–H and O–H groups in total. The molecule has 0 radical (unpaired) electrons. The molecule has 1 aromatic carbocycles. The summed E-state index contributed by atoms with van der Waals surface area (Å²) >= 11 is 0. The second-order valence-corrected chi connectivity index (χ2v) is 8.99. The fraction of sp³-hybridized carbons (Fsp3) is 0.611. The Labute approximate surface area is 150 Å². The maximum Gasteiger partial charge on any atom is 0.243 e. The van der Waals surface area contributed by atoms with Gasteiger partial charge in [0.2, 0.25) is 15.9 Å². The molecule has 2 saturated heterocycles. The molecule has 6 nitrogen and oxygen atoms in total. The summed E-state index contributed by atoms with van der Waals surface area (Å²) in [6.07, 6.45) is 3.33. The molecule has 7 heteroatoms. The van der Waals surface area contributed by atoms with Crippen molar-refractivity contribution in [2.75, 3.05) is 26.2 Å². The molecular formula is C18H27N3O3S. The molecule has 2 heterocycles. The van der Waals surface area contributed by atoms with E-state index in [1.807, 2.05) is 6.92 Å². The van der Waals surface area contributed by atoms with Crippen molar-refractivity contribution in [3.8, 4) is 0 Å². The van der Waals surface area contributed by atoms with Gasteiger partial charge < -0.3 is 10.6 Å². The van der Waals surface area contributed by atoms with Crippen molar-refractivity contribution < 1.29 is 13.2 Å². The molecule has 1 aromatic rings. The summed E-state index contributed by atoms with van der Waals surface area (Å²) < 4.78 is 27.2. The molecule has 1 unspecified atom stereocenters. The van der Waals surface area contributed by atoms with E-state index in [4.69, 9.17) is 0 Å². The minimum absolute atomic E-state index is 0.00398. The lowest BCUT2D eigenvalue weighted by molar-refractivity contribution is -0.127. The third-order valence-corrected chi connectivity index (χ3v) is 6.98. The number of aryl methyl sites for hydroxylation is 1. The number of carbonyl (C=O) groups is 1. The average molecular weight is 365 g/mol. The third kappa shape index (κ3) is 4.40. The number of nitrogens with one attached hydrogen (secondary N) is 2. The van der Waals surface area contributed by atoms with E-state index in [1.165, 1.54) is 4.31 Å². The van der Waals surface area contributed by atoms with Gasteiger partial charge in [-0.3, -0.25) is 4.79 Å². The first-order chi connectivity index (χ1) is 12.0. The predicted octanol–water partition coefficient (Wildman–Crippen LogP) is 1.26. The molecule has 138 valence electrons. The number of hydrogen-bond donors (Lipinski definition) is 2. The van der Waals surface area contributed by atoms with E-state index in [0.717, 1.165) is 44.3 Å². The smallest absolute Gasteiger partial charge is 0.243 e. The van der Waals surface area contributed by atoms with Gasteiger partial charge in [0, 0.05) is 19.1 Å². The summed E-state index contributed by atoms with van der Waals surface area (Å²) in [5, 5.41) is 6.39. The number of piperidine rings is 2. The molecule has 2 aliphatic rings. The van der Waals surface area contributed by atoms with Gasteiger partial charge in [-0.15, -0.1) is 0 Å². The fourth-order valence-electron chi connectivity index (χ4n) is 3.52. The van der Waals surface area contributed by atoms with Crippen molar-refractivity contribution in [3.63, 3.8) is 0 Å². The van der Waals surface area contributed by atoms with Gasteiger partial charge in [-0.05, 0) is 57.8 Å². The highest BCUT2D eigenvalue weighted by atomic mass is 32.2. The molecule has 1 atom stereocenters. The molecule has 2 aliphatic heterocycles. The van der Waals surface area contributed by atoms with E-state index >= 15 is 0 Å². The highest BCUT2D eigenvalue weighted by Crippen LogP contribution is 2.24. The van der Waals surface area contributed by atoms with E-state index in [9.17, 15) is 13.2 Å². The van der Waals surface area contributed by atoms with E-state index in [-0.39, 0.29) is 24.4 Å². The molecule has 2 fully saturated rings. The standard InChI is InChI=1S/C18H27N3O3S/c1-14-4-6-17(7-5-14)25(23,24)21-12-2-3-15(13-21)18(22)20-16-8-10-19-11-9-16/h4-7,15-16,19H,2-3,8-13H2,1H3,(H,20,22). The minimum Gasteiger partial charge on any atom is -0.353 e. The molecular weight excluding hydrogens is 338 g/mol. The Kier molecular flexibility index (Phi) is 5.76. The lowest BCUT2D eigenvalue weighted by Crippen LogP contribution is -2.49. The van der Waals surface area contributed by atoms with Crippen LogP contribution in [-0.4, -0.2) is 50.9 Å². The fourth-order valence-corrected chi connectivity index (χ4v) is 5.04. The normalized spacial score (nSPS) is 23.3. The molecule has 25 heavy (non-hydrogen) atoms. The van der Waals surface area contributed by atoms with Crippen LogP contribution in [0.1, 0.15) is 31.2 Å². The van der Waals surface area contributed by atoms with Gasteiger partial charge in [-0.25, -0.2) is 8.42 Å². The zero-order valence-electron chi connectivity index (χ0n) is 14.7. The Bertz CT molecular complexity index is 697. The number of amides is 1. The second kappa shape index (κ2) is 7.85. The van der Waals surface area contributed by atoms with Crippen LogP contribution in [0.15, 0.2) is 29.2 Å². The SMILES string of the molecule is Cc1ccc(S(=O)(=O)N2CCCC(C(=O)NC3CCNCC3)C2)cc1. The van der Waals surface area contributed by atoms with Gasteiger partial charge in [-0.2, -0.15) is 4.31 Å². The molecule has 0 aliphatic carbocycles. The van der Waals surface area contributed by atoms with Gasteiger partial charge in [0.15, 0.2) is 0 Å². The molecule has 0 spiro atoms. The van der Waals surface area contributed by atoms with E-state index in [2.05, 4.69) is 10.6 Å². The van der Waals surface area contributed by atoms with Crippen molar-refractivity contribution in [2.45, 2.75) is 43.5 Å². The molecule has 0 saturated carbocycles. The maximum absolute atomic E-state index is 12.8. The second-order valence-electron chi connectivity index (χ2n) is 7.05. The first-order valence-corrected chi connectivity index (χ1v) is 10.5. The topological polar surface area (TPSA) is 78.5 Å². The Morgan fingerprint density at radius 3 is 2.52 bits per heavy atom. The highest BCUT2D eigenvalue weighted by molar-refractivity contribution is 7.89.